The van der Waals surface area contributed by atoms with Crippen molar-refractivity contribution in [2.24, 2.45) is 0 Å². The Bertz CT molecular complexity index is 947. The van der Waals surface area contributed by atoms with Crippen molar-refractivity contribution in [1.29, 1.82) is 0 Å². The Labute approximate surface area is 136 Å². The quantitative estimate of drug-likeness (QED) is 0.754. The summed E-state index contributed by atoms with van der Waals surface area (Å²) in [6.07, 6.45) is 2.88. The first-order valence-electron chi connectivity index (χ1n) is 7.44. The molecule has 3 rings (SSSR count). The van der Waals surface area contributed by atoms with Gasteiger partial charge in [0.05, 0.1) is 19.3 Å². The molecule has 0 radical (unpaired) electrons. The molecule has 0 aliphatic carbocycles. The molecule has 2 aromatic heterocycles. The summed E-state index contributed by atoms with van der Waals surface area (Å²) >= 11 is 0. The van der Waals surface area contributed by atoms with E-state index in [4.69, 9.17) is 0 Å². The highest BCUT2D eigenvalue weighted by Gasteiger charge is 2.10. The van der Waals surface area contributed by atoms with E-state index in [-0.39, 0.29) is 23.8 Å². The van der Waals surface area contributed by atoms with Crippen LogP contribution in [0, 0.1) is 5.82 Å². The third kappa shape index (κ3) is 3.32. The van der Waals surface area contributed by atoms with Crippen LogP contribution in [0.1, 0.15) is 12.5 Å². The molecule has 124 valence electrons. The topological polar surface area (TPSA) is 81.8 Å². The van der Waals surface area contributed by atoms with Gasteiger partial charge in [0, 0.05) is 13.5 Å². The predicted octanol–water partition coefficient (Wildman–Crippen LogP) is 0.916. The maximum atomic E-state index is 13.3. The van der Waals surface area contributed by atoms with Crippen LogP contribution in [0.15, 0.2) is 41.6 Å². The van der Waals surface area contributed by atoms with Crippen molar-refractivity contribution in [3.05, 3.63) is 58.5 Å². The zero-order chi connectivity index (χ0) is 17.1. The van der Waals surface area contributed by atoms with E-state index in [1.165, 1.54) is 36.1 Å². The van der Waals surface area contributed by atoms with Crippen LogP contribution >= 0.6 is 0 Å². The molecule has 0 bridgehead atoms. The van der Waals surface area contributed by atoms with Gasteiger partial charge in [0.1, 0.15) is 17.5 Å². The summed E-state index contributed by atoms with van der Waals surface area (Å²) < 4.78 is 16.2. The monoisotopic (exact) mass is 329 g/mol. The summed E-state index contributed by atoms with van der Waals surface area (Å²) in [5.41, 5.74) is 0.896. The van der Waals surface area contributed by atoms with Crippen molar-refractivity contribution in [2.45, 2.75) is 20.0 Å². The molecule has 1 amide bonds. The summed E-state index contributed by atoms with van der Waals surface area (Å²) in [5, 5.41) is 7.20. The van der Waals surface area contributed by atoms with Crippen LogP contribution in [0.25, 0.3) is 11.0 Å². The van der Waals surface area contributed by atoms with Crippen molar-refractivity contribution in [2.75, 3.05) is 6.54 Å². The lowest BCUT2D eigenvalue weighted by atomic mass is 10.2. The van der Waals surface area contributed by atoms with Crippen molar-refractivity contribution in [1.82, 2.24) is 24.6 Å². The van der Waals surface area contributed by atoms with Crippen LogP contribution in [0.5, 0.6) is 0 Å². The molecule has 0 spiro atoms. The Morgan fingerprint density at radius 3 is 2.96 bits per heavy atom. The van der Waals surface area contributed by atoms with E-state index in [0.29, 0.717) is 29.7 Å². The number of rotatable bonds is 5. The first-order valence-corrected chi connectivity index (χ1v) is 7.44. The lowest BCUT2D eigenvalue weighted by Crippen LogP contribution is -2.25. The average molecular weight is 329 g/mol. The van der Waals surface area contributed by atoms with Crippen LogP contribution in [0.4, 0.5) is 4.39 Å². The minimum atomic E-state index is -0.347. The smallest absolute Gasteiger partial charge is 0.264 e. The molecule has 3 aromatic rings. The number of benzene rings is 1. The summed E-state index contributed by atoms with van der Waals surface area (Å²) in [4.78, 5) is 27.7. The molecule has 0 aliphatic heterocycles. The molecule has 1 aromatic carbocycles. The van der Waals surface area contributed by atoms with E-state index in [1.54, 1.807) is 16.8 Å². The highest BCUT2D eigenvalue weighted by molar-refractivity contribution is 5.73. The van der Waals surface area contributed by atoms with Crippen LogP contribution in [0.3, 0.4) is 0 Å². The Balaban J connectivity index is 1.86. The number of carbonyl (C=O) groups is 1. The van der Waals surface area contributed by atoms with Gasteiger partial charge in [0.2, 0.25) is 5.91 Å². The molecule has 1 N–H and O–H groups in total. The molecule has 0 fully saturated rings. The maximum Gasteiger partial charge on any atom is 0.264 e. The Morgan fingerprint density at radius 1 is 1.38 bits per heavy atom. The van der Waals surface area contributed by atoms with Crippen molar-refractivity contribution >= 4 is 16.9 Å². The van der Waals surface area contributed by atoms with Gasteiger partial charge < -0.3 is 5.32 Å². The second kappa shape index (κ2) is 6.61. The van der Waals surface area contributed by atoms with Crippen molar-refractivity contribution in [3.8, 4) is 0 Å². The number of amides is 1. The highest BCUT2D eigenvalue weighted by atomic mass is 19.1. The third-order valence-electron chi connectivity index (χ3n) is 3.56. The minimum Gasteiger partial charge on any atom is -0.354 e. The number of aromatic nitrogens is 4. The molecule has 24 heavy (non-hydrogen) atoms. The van der Waals surface area contributed by atoms with Gasteiger partial charge >= 0.3 is 0 Å². The number of carbonyl (C=O) groups excluding carboxylic acids is 1. The molecule has 0 saturated heterocycles. The molecular weight excluding hydrogens is 313 g/mol. The van der Waals surface area contributed by atoms with Gasteiger partial charge in [-0.1, -0.05) is 12.1 Å². The fraction of sp³-hybridized carbons (Fsp3) is 0.250. The zero-order valence-electron chi connectivity index (χ0n) is 13.1. The van der Waals surface area contributed by atoms with Crippen LogP contribution in [0.2, 0.25) is 0 Å². The minimum absolute atomic E-state index is 0.128. The number of nitrogens with zero attached hydrogens (tertiary/aromatic N) is 4. The second-order valence-corrected chi connectivity index (χ2v) is 5.40. The average Bonchev–Trinajstić information content (AvgIpc) is 2.94. The van der Waals surface area contributed by atoms with Crippen LogP contribution in [-0.4, -0.2) is 31.8 Å². The summed E-state index contributed by atoms with van der Waals surface area (Å²) in [6, 6.07) is 6.08. The Morgan fingerprint density at radius 2 is 2.21 bits per heavy atom. The van der Waals surface area contributed by atoms with E-state index in [1.807, 2.05) is 0 Å². The first kappa shape index (κ1) is 15.9. The standard InChI is InChI=1S/C16H16FN5O2/c1-11(23)18-5-6-22-15-14(8-20-22)16(24)21(10-19-15)9-12-3-2-4-13(17)7-12/h2-4,7-8,10H,5-6,9H2,1H3,(H,18,23). The van der Waals surface area contributed by atoms with Gasteiger partial charge in [-0.15, -0.1) is 0 Å². The van der Waals surface area contributed by atoms with E-state index < -0.39 is 0 Å². The van der Waals surface area contributed by atoms with Gasteiger partial charge in [-0.2, -0.15) is 5.10 Å². The molecule has 0 unspecified atom stereocenters. The fourth-order valence-corrected chi connectivity index (χ4v) is 2.44. The number of hydrogen-bond acceptors (Lipinski definition) is 4. The molecule has 0 saturated carbocycles. The summed E-state index contributed by atoms with van der Waals surface area (Å²) in [6.45, 7) is 2.49. The lowest BCUT2D eigenvalue weighted by molar-refractivity contribution is -0.118. The summed E-state index contributed by atoms with van der Waals surface area (Å²) in [7, 11) is 0. The first-order chi connectivity index (χ1) is 11.5. The van der Waals surface area contributed by atoms with E-state index in [2.05, 4.69) is 15.4 Å². The normalized spacial score (nSPS) is 10.9. The van der Waals surface area contributed by atoms with Crippen molar-refractivity contribution < 1.29 is 9.18 Å². The molecule has 0 aliphatic rings. The van der Waals surface area contributed by atoms with Crippen LogP contribution in [-0.2, 0) is 17.9 Å². The second-order valence-electron chi connectivity index (χ2n) is 5.40. The van der Waals surface area contributed by atoms with Gasteiger partial charge in [-0.05, 0) is 17.7 Å². The molecular formula is C16H16FN5O2. The third-order valence-corrected chi connectivity index (χ3v) is 3.56. The maximum absolute atomic E-state index is 13.3. The van der Waals surface area contributed by atoms with Crippen LogP contribution < -0.4 is 10.9 Å². The SMILES string of the molecule is CC(=O)NCCn1ncc2c(=O)n(Cc3cccc(F)c3)cnc21. The Kier molecular flexibility index (Phi) is 4.37. The van der Waals surface area contributed by atoms with Gasteiger partial charge in [0.25, 0.3) is 5.56 Å². The molecule has 7 nitrogen and oxygen atoms in total. The Hall–Kier alpha value is -3.03. The molecule has 2 heterocycles. The fourth-order valence-electron chi connectivity index (χ4n) is 2.44. The van der Waals surface area contributed by atoms with Crippen molar-refractivity contribution in [3.63, 3.8) is 0 Å². The predicted molar refractivity (Wildman–Crippen MR) is 86.0 cm³/mol. The molecule has 8 heteroatoms. The van der Waals surface area contributed by atoms with E-state index in [9.17, 15) is 14.0 Å². The number of halogens is 1. The number of nitrogens with one attached hydrogen (secondary N) is 1. The largest absolute Gasteiger partial charge is 0.354 e. The number of hydrogen-bond donors (Lipinski definition) is 1. The van der Waals surface area contributed by atoms with E-state index in [0.717, 1.165) is 0 Å². The lowest BCUT2D eigenvalue weighted by Gasteiger charge is -2.07. The summed E-state index contributed by atoms with van der Waals surface area (Å²) in [5.74, 6) is -0.475. The van der Waals surface area contributed by atoms with Gasteiger partial charge in [0.15, 0.2) is 5.65 Å². The van der Waals surface area contributed by atoms with Gasteiger partial charge in [-0.3, -0.25) is 14.2 Å². The van der Waals surface area contributed by atoms with E-state index >= 15 is 0 Å². The zero-order valence-corrected chi connectivity index (χ0v) is 13.1. The highest BCUT2D eigenvalue weighted by Crippen LogP contribution is 2.08. The number of fused-ring (bicyclic) bond motifs is 1. The van der Waals surface area contributed by atoms with Gasteiger partial charge in [-0.25, -0.2) is 14.1 Å². The molecule has 0 atom stereocenters.